The lowest BCUT2D eigenvalue weighted by Gasteiger charge is -2.34. The van der Waals surface area contributed by atoms with Crippen LogP contribution in [0.15, 0.2) is 17.0 Å². The zero-order chi connectivity index (χ0) is 20.2. The summed E-state index contributed by atoms with van der Waals surface area (Å²) in [6.45, 7) is 8.28. The first-order valence-electron chi connectivity index (χ1n) is 9.33. The summed E-state index contributed by atoms with van der Waals surface area (Å²) in [4.78, 5) is 16.3. The van der Waals surface area contributed by atoms with E-state index in [2.05, 4.69) is 0 Å². The Labute approximate surface area is 162 Å². The van der Waals surface area contributed by atoms with Crippen molar-refractivity contribution in [2.75, 3.05) is 53.4 Å². The number of ether oxygens (including phenoxy) is 1. The monoisotopic (exact) mass is 397 g/mol. The van der Waals surface area contributed by atoms with Crippen molar-refractivity contribution in [1.82, 2.24) is 14.1 Å². The molecule has 0 atom stereocenters. The molecule has 1 saturated heterocycles. The third kappa shape index (κ3) is 5.21. The fourth-order valence-electron chi connectivity index (χ4n) is 3.15. The van der Waals surface area contributed by atoms with E-state index in [-0.39, 0.29) is 5.91 Å². The molecule has 7 nitrogen and oxygen atoms in total. The molecule has 1 aliphatic heterocycles. The van der Waals surface area contributed by atoms with Crippen molar-refractivity contribution in [1.29, 1.82) is 0 Å². The van der Waals surface area contributed by atoms with Crippen LogP contribution in [0.5, 0.6) is 5.75 Å². The van der Waals surface area contributed by atoms with Gasteiger partial charge in [0.05, 0.1) is 11.5 Å². The fraction of sp³-hybridized carbons (Fsp3) is 0.632. The first-order chi connectivity index (χ1) is 12.7. The van der Waals surface area contributed by atoms with E-state index in [1.165, 1.54) is 4.31 Å². The molecule has 1 aliphatic rings. The molecule has 0 unspecified atom stereocenters. The molecule has 152 valence electrons. The van der Waals surface area contributed by atoms with Gasteiger partial charge in [-0.1, -0.05) is 0 Å². The largest absolute Gasteiger partial charge is 0.494 e. The highest BCUT2D eigenvalue weighted by Crippen LogP contribution is 2.28. The summed E-state index contributed by atoms with van der Waals surface area (Å²) in [6, 6.07) is 3.47. The van der Waals surface area contributed by atoms with Crippen LogP contribution >= 0.6 is 0 Å². The number of benzene rings is 1. The molecule has 1 fully saturated rings. The van der Waals surface area contributed by atoms with Crippen molar-refractivity contribution in [2.45, 2.75) is 32.1 Å². The van der Waals surface area contributed by atoms with Gasteiger partial charge < -0.3 is 14.5 Å². The van der Waals surface area contributed by atoms with Crippen molar-refractivity contribution < 1.29 is 17.9 Å². The first kappa shape index (κ1) is 21.7. The lowest BCUT2D eigenvalue weighted by atomic mass is 10.1. The van der Waals surface area contributed by atoms with Gasteiger partial charge in [-0.3, -0.25) is 4.79 Å². The summed E-state index contributed by atoms with van der Waals surface area (Å²) >= 11 is 0. The highest BCUT2D eigenvalue weighted by molar-refractivity contribution is 7.89. The molecular weight excluding hydrogens is 366 g/mol. The van der Waals surface area contributed by atoms with Gasteiger partial charge in [-0.15, -0.1) is 0 Å². The minimum absolute atomic E-state index is 0.0776. The van der Waals surface area contributed by atoms with Crippen LogP contribution in [0.25, 0.3) is 0 Å². The Morgan fingerprint density at radius 1 is 1.11 bits per heavy atom. The summed E-state index contributed by atoms with van der Waals surface area (Å²) < 4.78 is 33.2. The van der Waals surface area contributed by atoms with E-state index in [0.29, 0.717) is 62.0 Å². The van der Waals surface area contributed by atoms with Crippen LogP contribution in [0.1, 0.15) is 24.5 Å². The number of sulfonamides is 1. The lowest BCUT2D eigenvalue weighted by Crippen LogP contribution is -2.50. The Balaban J connectivity index is 2.09. The molecular formula is C19H31N3O4S. The molecule has 0 spiro atoms. The highest BCUT2D eigenvalue weighted by Gasteiger charge is 2.31. The van der Waals surface area contributed by atoms with Crippen molar-refractivity contribution in [2.24, 2.45) is 0 Å². The molecule has 2 rings (SSSR count). The maximum atomic E-state index is 13.1. The van der Waals surface area contributed by atoms with Crippen molar-refractivity contribution >= 4 is 15.9 Å². The van der Waals surface area contributed by atoms with Gasteiger partial charge in [0.15, 0.2) is 0 Å². The molecule has 0 N–H and O–H groups in total. The minimum Gasteiger partial charge on any atom is -0.494 e. The van der Waals surface area contributed by atoms with E-state index in [0.717, 1.165) is 5.56 Å². The average Bonchev–Trinajstić information content (AvgIpc) is 2.62. The minimum atomic E-state index is -3.59. The predicted octanol–water partition coefficient (Wildman–Crippen LogP) is 1.49. The summed E-state index contributed by atoms with van der Waals surface area (Å²) in [5.41, 5.74) is 1.48. The lowest BCUT2D eigenvalue weighted by molar-refractivity contribution is -0.132. The predicted molar refractivity (Wildman–Crippen MR) is 106 cm³/mol. The molecule has 1 heterocycles. The van der Waals surface area contributed by atoms with Gasteiger partial charge in [-0.2, -0.15) is 4.31 Å². The fourth-order valence-corrected chi connectivity index (χ4v) is 4.86. The van der Waals surface area contributed by atoms with E-state index in [4.69, 9.17) is 4.74 Å². The third-order valence-electron chi connectivity index (χ3n) is 4.75. The van der Waals surface area contributed by atoms with Crippen LogP contribution in [0.4, 0.5) is 0 Å². The molecule has 0 radical (unpaired) electrons. The third-order valence-corrected chi connectivity index (χ3v) is 6.80. The Morgan fingerprint density at radius 2 is 1.74 bits per heavy atom. The van der Waals surface area contributed by atoms with Crippen LogP contribution < -0.4 is 4.74 Å². The van der Waals surface area contributed by atoms with Crippen molar-refractivity contribution in [3.63, 3.8) is 0 Å². The quantitative estimate of drug-likeness (QED) is 0.697. The number of rotatable bonds is 7. The number of amides is 1. The summed E-state index contributed by atoms with van der Waals surface area (Å²) in [7, 11) is 0.269. The second kappa shape index (κ2) is 9.03. The van der Waals surface area contributed by atoms with Gasteiger partial charge in [-0.05, 0) is 58.1 Å². The van der Waals surface area contributed by atoms with E-state index in [1.807, 2.05) is 32.8 Å². The molecule has 1 amide bonds. The normalized spacial score (nSPS) is 16.0. The van der Waals surface area contributed by atoms with Crippen molar-refractivity contribution in [3.8, 4) is 5.75 Å². The highest BCUT2D eigenvalue weighted by atomic mass is 32.2. The topological polar surface area (TPSA) is 70.2 Å². The second-order valence-corrected chi connectivity index (χ2v) is 9.06. The van der Waals surface area contributed by atoms with Crippen LogP contribution in [0, 0.1) is 13.8 Å². The molecule has 0 saturated carbocycles. The molecule has 0 aliphatic carbocycles. The van der Waals surface area contributed by atoms with Gasteiger partial charge >= 0.3 is 0 Å². The SMILES string of the molecule is CCOc1cc(C)c(S(=O)(=O)N2CCN(C(=O)CCN(C)C)CC2)cc1C. The molecule has 27 heavy (non-hydrogen) atoms. The molecule has 1 aromatic carbocycles. The Morgan fingerprint density at radius 3 is 2.30 bits per heavy atom. The van der Waals surface area contributed by atoms with Crippen LogP contribution in [-0.2, 0) is 14.8 Å². The second-order valence-electron chi connectivity index (χ2n) is 7.15. The molecule has 0 aromatic heterocycles. The summed E-state index contributed by atoms with van der Waals surface area (Å²) in [5.74, 6) is 0.791. The number of nitrogens with zero attached hydrogens (tertiary/aromatic N) is 3. The Kier molecular flexibility index (Phi) is 7.25. The zero-order valence-corrected chi connectivity index (χ0v) is 17.8. The van der Waals surface area contributed by atoms with Gasteiger partial charge in [0, 0.05) is 39.1 Å². The summed E-state index contributed by atoms with van der Waals surface area (Å²) in [5, 5.41) is 0. The van der Waals surface area contributed by atoms with E-state index < -0.39 is 10.0 Å². The number of hydrogen-bond acceptors (Lipinski definition) is 5. The maximum Gasteiger partial charge on any atom is 0.243 e. The number of piperazine rings is 1. The maximum absolute atomic E-state index is 13.1. The number of hydrogen-bond donors (Lipinski definition) is 0. The van der Waals surface area contributed by atoms with Crippen molar-refractivity contribution in [3.05, 3.63) is 23.3 Å². The molecule has 8 heteroatoms. The van der Waals surface area contributed by atoms with E-state index in [1.54, 1.807) is 24.0 Å². The summed E-state index contributed by atoms with van der Waals surface area (Å²) in [6.07, 6.45) is 0.455. The Bertz CT molecular complexity index is 769. The van der Waals surface area contributed by atoms with Gasteiger partial charge in [-0.25, -0.2) is 8.42 Å². The Hall–Kier alpha value is -1.64. The number of aryl methyl sites for hydroxylation is 2. The number of carbonyl (C=O) groups is 1. The van der Waals surface area contributed by atoms with Gasteiger partial charge in [0.1, 0.15) is 5.75 Å². The zero-order valence-electron chi connectivity index (χ0n) is 17.0. The van der Waals surface area contributed by atoms with E-state index >= 15 is 0 Å². The molecule has 1 aromatic rings. The van der Waals surface area contributed by atoms with Crippen LogP contribution in [-0.4, -0.2) is 81.9 Å². The average molecular weight is 398 g/mol. The standard InChI is InChI=1S/C19H31N3O4S/c1-6-26-17-13-16(3)18(14-15(17)2)27(24,25)22-11-9-21(10-12-22)19(23)7-8-20(4)5/h13-14H,6-12H2,1-5H3. The van der Waals surface area contributed by atoms with Gasteiger partial charge in [0.2, 0.25) is 15.9 Å². The van der Waals surface area contributed by atoms with Crippen LogP contribution in [0.2, 0.25) is 0 Å². The molecule has 0 bridgehead atoms. The number of carbonyl (C=O) groups excluding carboxylic acids is 1. The first-order valence-corrected chi connectivity index (χ1v) is 10.8. The van der Waals surface area contributed by atoms with Gasteiger partial charge in [0.25, 0.3) is 0 Å². The van der Waals surface area contributed by atoms with E-state index in [9.17, 15) is 13.2 Å². The smallest absolute Gasteiger partial charge is 0.243 e. The van der Waals surface area contributed by atoms with Crippen LogP contribution in [0.3, 0.4) is 0 Å².